The van der Waals surface area contributed by atoms with Gasteiger partial charge in [-0.3, -0.25) is 4.68 Å². The highest BCUT2D eigenvalue weighted by Crippen LogP contribution is 2.17. The number of nitrogens with zero attached hydrogens (tertiary/aromatic N) is 5. The highest BCUT2D eigenvalue weighted by Gasteiger charge is 2.01. The number of aromatic nitrogens is 5. The minimum atomic E-state index is -0.266. The van der Waals surface area contributed by atoms with E-state index >= 15 is 0 Å². The van der Waals surface area contributed by atoms with E-state index in [1.165, 1.54) is 12.1 Å². The molecule has 106 valence electrons. The zero-order valence-corrected chi connectivity index (χ0v) is 11.1. The second-order valence-electron chi connectivity index (χ2n) is 4.40. The largest absolute Gasteiger partial charge is 0.367 e. The first-order valence-electron chi connectivity index (χ1n) is 6.49. The fourth-order valence-corrected chi connectivity index (χ4v) is 1.85. The van der Waals surface area contributed by atoms with Gasteiger partial charge in [-0.2, -0.15) is 0 Å². The van der Waals surface area contributed by atoms with Gasteiger partial charge in [0, 0.05) is 18.3 Å². The maximum absolute atomic E-state index is 12.9. The lowest BCUT2D eigenvalue weighted by atomic mass is 10.1. The summed E-state index contributed by atoms with van der Waals surface area (Å²) in [7, 11) is 0. The van der Waals surface area contributed by atoms with Crippen LogP contribution in [0.1, 0.15) is 0 Å². The average molecular weight is 284 g/mol. The molecular formula is C14H13FN6. The van der Waals surface area contributed by atoms with E-state index in [9.17, 15) is 4.39 Å². The average Bonchev–Trinajstić information content (AvgIpc) is 3.02. The molecule has 21 heavy (non-hydrogen) atoms. The van der Waals surface area contributed by atoms with Crippen molar-refractivity contribution in [2.75, 3.05) is 11.9 Å². The third kappa shape index (κ3) is 3.38. The van der Waals surface area contributed by atoms with Gasteiger partial charge in [0.15, 0.2) is 0 Å². The first kappa shape index (κ1) is 13.2. The third-order valence-corrected chi connectivity index (χ3v) is 2.92. The van der Waals surface area contributed by atoms with Gasteiger partial charge in [0.05, 0.1) is 18.4 Å². The van der Waals surface area contributed by atoms with Crippen molar-refractivity contribution >= 4 is 5.82 Å². The van der Waals surface area contributed by atoms with Gasteiger partial charge in [-0.05, 0) is 36.4 Å². The van der Waals surface area contributed by atoms with Crippen LogP contribution in [0.5, 0.6) is 0 Å². The number of benzene rings is 1. The second kappa shape index (κ2) is 6.08. The summed E-state index contributed by atoms with van der Waals surface area (Å²) >= 11 is 0. The van der Waals surface area contributed by atoms with Crippen LogP contribution in [-0.2, 0) is 6.54 Å². The molecule has 0 radical (unpaired) electrons. The number of anilines is 1. The standard InChI is InChI=1S/C14H13FN6/c15-12-3-1-11(2-4-12)13-5-6-14(19-18-13)16-7-9-21-10-8-17-20-21/h1-6,8,10H,7,9H2,(H,16,19). The molecule has 0 fully saturated rings. The van der Waals surface area contributed by atoms with E-state index in [0.29, 0.717) is 24.6 Å². The molecule has 0 aliphatic heterocycles. The number of nitrogens with one attached hydrogen (secondary N) is 1. The van der Waals surface area contributed by atoms with Crippen molar-refractivity contribution < 1.29 is 4.39 Å². The molecule has 0 amide bonds. The van der Waals surface area contributed by atoms with Crippen molar-refractivity contribution in [3.63, 3.8) is 0 Å². The van der Waals surface area contributed by atoms with Crippen LogP contribution < -0.4 is 5.32 Å². The molecule has 6 nitrogen and oxygen atoms in total. The van der Waals surface area contributed by atoms with Gasteiger partial charge in [-0.15, -0.1) is 15.3 Å². The molecule has 1 N–H and O–H groups in total. The fraction of sp³-hybridized carbons (Fsp3) is 0.143. The Morgan fingerprint density at radius 3 is 2.57 bits per heavy atom. The molecule has 3 rings (SSSR count). The van der Waals surface area contributed by atoms with E-state index < -0.39 is 0 Å². The highest BCUT2D eigenvalue weighted by atomic mass is 19.1. The Morgan fingerprint density at radius 1 is 1.05 bits per heavy atom. The van der Waals surface area contributed by atoms with Crippen LogP contribution in [0.4, 0.5) is 10.2 Å². The smallest absolute Gasteiger partial charge is 0.148 e. The van der Waals surface area contributed by atoms with Crippen molar-refractivity contribution in [3.05, 3.63) is 54.6 Å². The van der Waals surface area contributed by atoms with Crippen LogP contribution >= 0.6 is 0 Å². The minimum absolute atomic E-state index is 0.266. The molecule has 1 aromatic carbocycles. The van der Waals surface area contributed by atoms with E-state index in [1.54, 1.807) is 29.2 Å². The molecule has 0 bridgehead atoms. The molecular weight excluding hydrogens is 271 g/mol. The molecule has 2 aromatic heterocycles. The lowest BCUT2D eigenvalue weighted by molar-refractivity contribution is 0.608. The van der Waals surface area contributed by atoms with Gasteiger partial charge in [0.25, 0.3) is 0 Å². The summed E-state index contributed by atoms with van der Waals surface area (Å²) in [5.41, 5.74) is 1.54. The zero-order chi connectivity index (χ0) is 14.5. The van der Waals surface area contributed by atoms with Gasteiger partial charge in [0.2, 0.25) is 0 Å². The second-order valence-corrected chi connectivity index (χ2v) is 4.40. The Morgan fingerprint density at radius 2 is 1.90 bits per heavy atom. The van der Waals surface area contributed by atoms with Crippen LogP contribution in [0.3, 0.4) is 0 Å². The van der Waals surface area contributed by atoms with Crippen LogP contribution in [0.25, 0.3) is 11.3 Å². The predicted molar refractivity (Wildman–Crippen MR) is 75.9 cm³/mol. The van der Waals surface area contributed by atoms with Crippen LogP contribution in [0.15, 0.2) is 48.8 Å². The zero-order valence-electron chi connectivity index (χ0n) is 11.1. The lowest BCUT2D eigenvalue weighted by Gasteiger charge is -2.05. The van der Waals surface area contributed by atoms with Crippen LogP contribution in [-0.4, -0.2) is 31.7 Å². The summed E-state index contributed by atoms with van der Waals surface area (Å²) in [6.07, 6.45) is 3.43. The summed E-state index contributed by atoms with van der Waals surface area (Å²) in [6.45, 7) is 1.37. The van der Waals surface area contributed by atoms with E-state index in [1.807, 2.05) is 12.1 Å². The Balaban J connectivity index is 1.60. The molecule has 7 heteroatoms. The third-order valence-electron chi connectivity index (χ3n) is 2.92. The monoisotopic (exact) mass is 284 g/mol. The Bertz CT molecular complexity index is 678. The molecule has 0 saturated carbocycles. The van der Waals surface area contributed by atoms with Crippen LogP contribution in [0, 0.1) is 5.82 Å². The molecule has 0 spiro atoms. The van der Waals surface area contributed by atoms with E-state index in [2.05, 4.69) is 25.8 Å². The fourth-order valence-electron chi connectivity index (χ4n) is 1.85. The van der Waals surface area contributed by atoms with E-state index in [4.69, 9.17) is 0 Å². The predicted octanol–water partition coefficient (Wildman–Crippen LogP) is 1.99. The molecule has 0 aliphatic carbocycles. The molecule has 0 aliphatic rings. The molecule has 0 atom stereocenters. The van der Waals surface area contributed by atoms with Gasteiger partial charge in [-0.25, -0.2) is 4.39 Å². The number of hydrogen-bond donors (Lipinski definition) is 1. The first-order valence-corrected chi connectivity index (χ1v) is 6.49. The SMILES string of the molecule is Fc1ccc(-c2ccc(NCCn3ccnn3)nn2)cc1. The van der Waals surface area contributed by atoms with Crippen molar-refractivity contribution in [2.24, 2.45) is 0 Å². The van der Waals surface area contributed by atoms with Gasteiger partial charge >= 0.3 is 0 Å². The first-order chi connectivity index (χ1) is 10.3. The molecule has 2 heterocycles. The van der Waals surface area contributed by atoms with Crippen molar-refractivity contribution in [3.8, 4) is 11.3 Å². The maximum atomic E-state index is 12.9. The Kier molecular flexibility index (Phi) is 3.81. The van der Waals surface area contributed by atoms with Gasteiger partial charge in [-0.1, -0.05) is 5.21 Å². The molecule has 0 saturated heterocycles. The summed E-state index contributed by atoms with van der Waals surface area (Å²) in [5, 5.41) is 19.0. The summed E-state index contributed by atoms with van der Waals surface area (Å²) in [5.74, 6) is 0.416. The number of rotatable bonds is 5. The van der Waals surface area contributed by atoms with E-state index in [0.717, 1.165) is 5.56 Å². The normalized spacial score (nSPS) is 10.5. The Hall–Kier alpha value is -2.83. The lowest BCUT2D eigenvalue weighted by Crippen LogP contribution is -2.12. The summed E-state index contributed by atoms with van der Waals surface area (Å²) < 4.78 is 14.6. The summed E-state index contributed by atoms with van der Waals surface area (Å²) in [4.78, 5) is 0. The minimum Gasteiger partial charge on any atom is -0.367 e. The quantitative estimate of drug-likeness (QED) is 0.776. The Labute approximate surface area is 120 Å². The molecule has 0 unspecified atom stereocenters. The van der Waals surface area contributed by atoms with Gasteiger partial charge < -0.3 is 5.32 Å². The van der Waals surface area contributed by atoms with Crippen molar-refractivity contribution in [1.29, 1.82) is 0 Å². The van der Waals surface area contributed by atoms with Crippen molar-refractivity contribution in [2.45, 2.75) is 6.54 Å². The van der Waals surface area contributed by atoms with E-state index in [-0.39, 0.29) is 5.82 Å². The van der Waals surface area contributed by atoms with Crippen LogP contribution in [0.2, 0.25) is 0 Å². The number of halogens is 1. The summed E-state index contributed by atoms with van der Waals surface area (Å²) in [6, 6.07) is 9.85. The molecule has 3 aromatic rings. The van der Waals surface area contributed by atoms with Crippen molar-refractivity contribution in [1.82, 2.24) is 25.2 Å². The topological polar surface area (TPSA) is 68.5 Å². The maximum Gasteiger partial charge on any atom is 0.148 e. The number of hydrogen-bond acceptors (Lipinski definition) is 5. The van der Waals surface area contributed by atoms with Gasteiger partial charge in [0.1, 0.15) is 11.6 Å². The highest BCUT2D eigenvalue weighted by molar-refractivity contribution is 5.59.